The number of hydrogen-bond acceptors (Lipinski definition) is 4. The summed E-state index contributed by atoms with van der Waals surface area (Å²) in [7, 11) is 1.86. The van der Waals surface area contributed by atoms with E-state index >= 15 is 0 Å². The first-order valence-electron chi connectivity index (χ1n) is 9.06. The Morgan fingerprint density at radius 2 is 2.08 bits per heavy atom. The van der Waals surface area contributed by atoms with E-state index in [0.29, 0.717) is 0 Å². The van der Waals surface area contributed by atoms with Crippen LogP contribution in [0.25, 0.3) is 0 Å². The summed E-state index contributed by atoms with van der Waals surface area (Å²) in [6.07, 6.45) is 5.60. The Kier molecular flexibility index (Phi) is 8.74. The van der Waals surface area contributed by atoms with Gasteiger partial charge in [-0.15, -0.1) is 24.0 Å². The van der Waals surface area contributed by atoms with Gasteiger partial charge in [0.2, 0.25) is 0 Å². The third-order valence-electron chi connectivity index (χ3n) is 4.56. The minimum Gasteiger partial charge on any atom is -0.381 e. The second kappa shape index (κ2) is 10.8. The van der Waals surface area contributed by atoms with Crippen molar-refractivity contribution < 1.29 is 4.74 Å². The van der Waals surface area contributed by atoms with Crippen molar-refractivity contribution >= 4 is 35.8 Å². The third-order valence-corrected chi connectivity index (χ3v) is 4.56. The van der Waals surface area contributed by atoms with Gasteiger partial charge in [-0.25, -0.2) is 4.98 Å². The maximum absolute atomic E-state index is 5.67. The predicted molar refractivity (Wildman–Crippen MR) is 113 cm³/mol. The van der Waals surface area contributed by atoms with Crippen LogP contribution < -0.4 is 10.2 Å². The van der Waals surface area contributed by atoms with Crippen LogP contribution in [0.5, 0.6) is 0 Å². The first-order valence-corrected chi connectivity index (χ1v) is 9.06. The second-order valence-corrected chi connectivity index (χ2v) is 6.51. The summed E-state index contributed by atoms with van der Waals surface area (Å²) in [4.78, 5) is 13.5. The van der Waals surface area contributed by atoms with E-state index in [1.54, 1.807) is 0 Å². The number of piperazine rings is 1. The molecule has 0 bridgehead atoms. The largest absolute Gasteiger partial charge is 0.381 e. The highest BCUT2D eigenvalue weighted by Crippen LogP contribution is 2.28. The minimum absolute atomic E-state index is 0. The standard InChI is InChI=1S/C18H29N5O.HI/c1-19-18(21-9-4-14-24-15-16-6-7-16)23-12-10-22(11-13-23)17-5-2-3-8-20-17;/h2-3,5,8,16H,4,6-7,9-15H2,1H3,(H,19,21);1H. The first kappa shape index (κ1) is 20.2. The van der Waals surface area contributed by atoms with Crippen LogP contribution in [0.15, 0.2) is 29.4 Å². The number of nitrogens with one attached hydrogen (secondary N) is 1. The van der Waals surface area contributed by atoms with Gasteiger partial charge in [-0.2, -0.15) is 0 Å². The molecule has 1 aliphatic heterocycles. The SMILES string of the molecule is CN=C(NCCCOCC1CC1)N1CCN(c2ccccn2)CC1.I. The topological polar surface area (TPSA) is 53.0 Å². The van der Waals surface area contributed by atoms with Gasteiger partial charge in [-0.3, -0.25) is 4.99 Å². The van der Waals surface area contributed by atoms with Crippen LogP contribution in [0, 0.1) is 5.92 Å². The molecule has 1 saturated carbocycles. The quantitative estimate of drug-likeness (QED) is 0.293. The molecular weight excluding hydrogens is 429 g/mol. The van der Waals surface area contributed by atoms with Crippen LogP contribution in [0.2, 0.25) is 0 Å². The number of ether oxygens (including phenoxy) is 1. The number of halogens is 1. The molecule has 2 aliphatic rings. The van der Waals surface area contributed by atoms with Crippen molar-refractivity contribution in [1.29, 1.82) is 0 Å². The number of hydrogen-bond donors (Lipinski definition) is 1. The summed E-state index contributed by atoms with van der Waals surface area (Å²) < 4.78 is 5.67. The molecule has 1 aliphatic carbocycles. The Labute approximate surface area is 168 Å². The predicted octanol–water partition coefficient (Wildman–Crippen LogP) is 2.21. The number of rotatable bonds is 7. The van der Waals surface area contributed by atoms with Gasteiger partial charge < -0.3 is 19.9 Å². The fraction of sp³-hybridized carbons (Fsp3) is 0.667. The number of pyridine rings is 1. The number of anilines is 1. The normalized spacial score (nSPS) is 18.0. The molecule has 0 atom stereocenters. The minimum atomic E-state index is 0. The monoisotopic (exact) mass is 459 g/mol. The van der Waals surface area contributed by atoms with Gasteiger partial charge in [0.15, 0.2) is 5.96 Å². The molecule has 0 unspecified atom stereocenters. The maximum Gasteiger partial charge on any atom is 0.193 e. The summed E-state index contributed by atoms with van der Waals surface area (Å²) in [6.45, 7) is 6.59. The molecule has 25 heavy (non-hydrogen) atoms. The smallest absolute Gasteiger partial charge is 0.193 e. The second-order valence-electron chi connectivity index (χ2n) is 6.51. The number of aliphatic imine (C=N–C) groups is 1. The van der Waals surface area contributed by atoms with Crippen LogP contribution in [0.3, 0.4) is 0 Å². The van der Waals surface area contributed by atoms with E-state index in [2.05, 4.69) is 31.2 Å². The first-order chi connectivity index (χ1) is 11.9. The maximum atomic E-state index is 5.67. The average molecular weight is 459 g/mol. The average Bonchev–Trinajstić information content (AvgIpc) is 3.47. The zero-order valence-corrected chi connectivity index (χ0v) is 17.4. The Hall–Kier alpha value is -1.09. The number of nitrogens with zero attached hydrogens (tertiary/aromatic N) is 4. The summed E-state index contributed by atoms with van der Waals surface area (Å²) in [5, 5.41) is 3.46. The van der Waals surface area contributed by atoms with E-state index in [0.717, 1.165) is 70.1 Å². The van der Waals surface area contributed by atoms with E-state index in [1.165, 1.54) is 12.8 Å². The number of aromatic nitrogens is 1. The summed E-state index contributed by atoms with van der Waals surface area (Å²) in [5.74, 6) is 2.91. The molecule has 6 nitrogen and oxygen atoms in total. The molecule has 1 aromatic rings. The summed E-state index contributed by atoms with van der Waals surface area (Å²) >= 11 is 0. The zero-order chi connectivity index (χ0) is 16.6. The van der Waals surface area contributed by atoms with E-state index in [4.69, 9.17) is 4.74 Å². The summed E-state index contributed by atoms with van der Waals surface area (Å²) in [6, 6.07) is 6.07. The molecule has 2 heterocycles. The van der Waals surface area contributed by atoms with E-state index in [-0.39, 0.29) is 24.0 Å². The van der Waals surface area contributed by atoms with Gasteiger partial charge in [0.05, 0.1) is 0 Å². The molecule has 3 rings (SSSR count). The molecule has 0 radical (unpaired) electrons. The van der Waals surface area contributed by atoms with Gasteiger partial charge in [0.1, 0.15) is 5.82 Å². The van der Waals surface area contributed by atoms with Crippen molar-refractivity contribution in [2.45, 2.75) is 19.3 Å². The van der Waals surface area contributed by atoms with Crippen LogP contribution in [-0.4, -0.2) is 68.8 Å². The van der Waals surface area contributed by atoms with E-state index in [9.17, 15) is 0 Å². The lowest BCUT2D eigenvalue weighted by Gasteiger charge is -2.37. The fourth-order valence-corrected chi connectivity index (χ4v) is 2.93. The van der Waals surface area contributed by atoms with E-state index in [1.807, 2.05) is 25.4 Å². The molecule has 2 fully saturated rings. The lowest BCUT2D eigenvalue weighted by Crippen LogP contribution is -2.52. The lowest BCUT2D eigenvalue weighted by molar-refractivity contribution is 0.122. The van der Waals surface area contributed by atoms with Crippen LogP contribution in [-0.2, 0) is 4.74 Å². The molecular formula is C18H30IN5O. The van der Waals surface area contributed by atoms with Crippen molar-refractivity contribution in [3.63, 3.8) is 0 Å². The van der Waals surface area contributed by atoms with Crippen molar-refractivity contribution in [2.24, 2.45) is 10.9 Å². The molecule has 0 aromatic carbocycles. The Morgan fingerprint density at radius 3 is 2.72 bits per heavy atom. The van der Waals surface area contributed by atoms with Gasteiger partial charge in [-0.05, 0) is 37.3 Å². The molecule has 140 valence electrons. The van der Waals surface area contributed by atoms with E-state index < -0.39 is 0 Å². The van der Waals surface area contributed by atoms with Crippen molar-refractivity contribution in [3.05, 3.63) is 24.4 Å². The van der Waals surface area contributed by atoms with Gasteiger partial charge >= 0.3 is 0 Å². The van der Waals surface area contributed by atoms with Crippen molar-refractivity contribution in [2.75, 3.05) is 57.9 Å². The van der Waals surface area contributed by atoms with Crippen molar-refractivity contribution in [1.82, 2.24) is 15.2 Å². The van der Waals surface area contributed by atoms with Crippen molar-refractivity contribution in [3.8, 4) is 0 Å². The molecule has 1 aromatic heterocycles. The molecule has 7 heteroatoms. The van der Waals surface area contributed by atoms with Crippen LogP contribution in [0.1, 0.15) is 19.3 Å². The number of guanidine groups is 1. The Bertz CT molecular complexity index is 515. The highest BCUT2D eigenvalue weighted by Gasteiger charge is 2.21. The Balaban J connectivity index is 0.00000225. The third kappa shape index (κ3) is 6.62. The van der Waals surface area contributed by atoms with Gasteiger partial charge in [0, 0.05) is 59.2 Å². The lowest BCUT2D eigenvalue weighted by atomic mass is 10.3. The molecule has 1 N–H and O–H groups in total. The highest BCUT2D eigenvalue weighted by molar-refractivity contribution is 14.0. The zero-order valence-electron chi connectivity index (χ0n) is 15.1. The summed E-state index contributed by atoms with van der Waals surface area (Å²) in [5.41, 5.74) is 0. The fourth-order valence-electron chi connectivity index (χ4n) is 2.93. The molecule has 0 amide bonds. The van der Waals surface area contributed by atoms with Crippen LogP contribution >= 0.6 is 24.0 Å². The van der Waals surface area contributed by atoms with Gasteiger partial charge in [0.25, 0.3) is 0 Å². The molecule has 0 spiro atoms. The Morgan fingerprint density at radius 1 is 1.28 bits per heavy atom. The highest BCUT2D eigenvalue weighted by atomic mass is 127. The van der Waals surface area contributed by atoms with Crippen LogP contribution in [0.4, 0.5) is 5.82 Å². The molecule has 1 saturated heterocycles. The van der Waals surface area contributed by atoms with Gasteiger partial charge in [-0.1, -0.05) is 6.07 Å².